The highest BCUT2D eigenvalue weighted by Crippen LogP contribution is 2.29. The van der Waals surface area contributed by atoms with Gasteiger partial charge in [0.1, 0.15) is 0 Å². The number of hydrogen-bond donors (Lipinski definition) is 4. The number of pyridine rings is 1. The highest BCUT2D eigenvalue weighted by Gasteiger charge is 2.19. The van der Waals surface area contributed by atoms with E-state index >= 15 is 0 Å². The third-order valence-corrected chi connectivity index (χ3v) is 6.13. The number of benzene rings is 2. The molecule has 4 aromatic rings. The Kier molecular flexibility index (Phi) is 8.40. The maximum absolute atomic E-state index is 13.7. The van der Waals surface area contributed by atoms with Crippen LogP contribution in [0.15, 0.2) is 83.9 Å². The zero-order valence-corrected chi connectivity index (χ0v) is 20.7. The first-order chi connectivity index (χ1) is 18.0. The summed E-state index contributed by atoms with van der Waals surface area (Å²) in [6.45, 7) is 0.743. The summed E-state index contributed by atoms with van der Waals surface area (Å²) in [5, 5.41) is 6.25. The number of aromatic nitrogens is 3. The Balaban J connectivity index is 1.67. The second kappa shape index (κ2) is 12.1. The van der Waals surface area contributed by atoms with E-state index in [4.69, 9.17) is 16.5 Å². The number of nitrogens with zero attached hydrogens (tertiary/aromatic N) is 3. The summed E-state index contributed by atoms with van der Waals surface area (Å²) in [5.41, 5.74) is 15.7. The molecule has 2 aromatic carbocycles. The average Bonchev–Trinajstić information content (AvgIpc) is 2.95. The van der Waals surface area contributed by atoms with Gasteiger partial charge in [0, 0.05) is 38.1 Å². The highest BCUT2D eigenvalue weighted by molar-refractivity contribution is 5.81. The largest absolute Gasteiger partial charge is 0.355 e. The quantitative estimate of drug-likeness (QED) is 0.264. The third-order valence-electron chi connectivity index (χ3n) is 6.13. The van der Waals surface area contributed by atoms with Gasteiger partial charge < -0.3 is 22.1 Å². The SMILES string of the molecule is Cn1c(NCC[C@H](NC(=O)CN)c2ccccc2)nc(-c2ccncc2)c(-c2cccc(CN)c2)c1=O. The van der Waals surface area contributed by atoms with Crippen LogP contribution in [-0.2, 0) is 18.4 Å². The number of rotatable bonds is 10. The lowest BCUT2D eigenvalue weighted by molar-refractivity contribution is -0.120. The molecule has 0 fully saturated rings. The van der Waals surface area contributed by atoms with Gasteiger partial charge in [0.15, 0.2) is 0 Å². The van der Waals surface area contributed by atoms with Crippen LogP contribution in [-0.4, -0.2) is 33.5 Å². The van der Waals surface area contributed by atoms with Crippen LogP contribution in [0, 0.1) is 0 Å². The molecule has 0 aliphatic carbocycles. The Labute approximate surface area is 215 Å². The Morgan fingerprint density at radius 3 is 2.46 bits per heavy atom. The molecule has 0 unspecified atom stereocenters. The topological polar surface area (TPSA) is 141 Å². The number of carbonyl (C=O) groups is 1. The summed E-state index contributed by atoms with van der Waals surface area (Å²) in [6, 6.07) is 20.7. The smallest absolute Gasteiger partial charge is 0.263 e. The zero-order chi connectivity index (χ0) is 26.2. The summed E-state index contributed by atoms with van der Waals surface area (Å²) in [7, 11) is 1.69. The van der Waals surface area contributed by atoms with Gasteiger partial charge in [-0.1, -0.05) is 48.5 Å². The van der Waals surface area contributed by atoms with E-state index in [0.717, 1.165) is 22.3 Å². The van der Waals surface area contributed by atoms with Crippen molar-refractivity contribution in [2.45, 2.75) is 19.0 Å². The number of amides is 1. The van der Waals surface area contributed by atoms with Gasteiger partial charge >= 0.3 is 0 Å². The molecule has 2 heterocycles. The van der Waals surface area contributed by atoms with Crippen molar-refractivity contribution in [1.82, 2.24) is 19.9 Å². The molecule has 0 spiro atoms. The first kappa shape index (κ1) is 25.7. The van der Waals surface area contributed by atoms with Gasteiger partial charge in [0.05, 0.1) is 23.8 Å². The molecule has 0 aliphatic rings. The van der Waals surface area contributed by atoms with E-state index < -0.39 is 0 Å². The minimum atomic E-state index is -0.236. The molecule has 6 N–H and O–H groups in total. The fraction of sp³-hybridized carbons (Fsp3) is 0.214. The fourth-order valence-electron chi connectivity index (χ4n) is 4.18. The Hall–Kier alpha value is -4.34. The molecular formula is C28H31N7O2. The van der Waals surface area contributed by atoms with Crippen molar-refractivity contribution in [3.63, 3.8) is 0 Å². The van der Waals surface area contributed by atoms with Gasteiger partial charge in [-0.15, -0.1) is 0 Å². The number of nitrogens with one attached hydrogen (secondary N) is 2. The maximum atomic E-state index is 13.7. The van der Waals surface area contributed by atoms with Crippen LogP contribution < -0.4 is 27.7 Å². The summed E-state index contributed by atoms with van der Waals surface area (Å²) in [6.07, 6.45) is 3.91. The molecule has 0 aliphatic heterocycles. The van der Waals surface area contributed by atoms with E-state index in [2.05, 4.69) is 15.6 Å². The molecule has 190 valence electrons. The number of nitrogens with two attached hydrogens (primary N) is 2. The first-order valence-corrected chi connectivity index (χ1v) is 12.1. The van der Waals surface area contributed by atoms with E-state index in [0.29, 0.717) is 36.7 Å². The van der Waals surface area contributed by atoms with Gasteiger partial charge in [-0.25, -0.2) is 4.98 Å². The monoisotopic (exact) mass is 497 g/mol. The normalized spacial score (nSPS) is 11.6. The lowest BCUT2D eigenvalue weighted by atomic mass is 9.99. The van der Waals surface area contributed by atoms with Gasteiger partial charge in [-0.2, -0.15) is 0 Å². The second-order valence-corrected chi connectivity index (χ2v) is 8.61. The summed E-state index contributed by atoms with van der Waals surface area (Å²) in [4.78, 5) is 34.6. The van der Waals surface area contributed by atoms with Gasteiger partial charge in [0.2, 0.25) is 11.9 Å². The fourth-order valence-corrected chi connectivity index (χ4v) is 4.18. The van der Waals surface area contributed by atoms with E-state index in [1.54, 1.807) is 19.4 Å². The van der Waals surface area contributed by atoms with Crippen LogP contribution in [0.4, 0.5) is 5.95 Å². The predicted octanol–water partition coefficient (Wildman–Crippen LogP) is 2.59. The van der Waals surface area contributed by atoms with E-state index in [1.807, 2.05) is 66.7 Å². The number of hydrogen-bond acceptors (Lipinski definition) is 7. The van der Waals surface area contributed by atoms with Crippen LogP contribution in [0.25, 0.3) is 22.4 Å². The van der Waals surface area contributed by atoms with Crippen molar-refractivity contribution in [2.75, 3.05) is 18.4 Å². The third kappa shape index (κ3) is 6.08. The molecule has 0 bridgehead atoms. The molecule has 37 heavy (non-hydrogen) atoms. The van der Waals surface area contributed by atoms with Gasteiger partial charge in [-0.05, 0) is 41.3 Å². The lowest BCUT2D eigenvalue weighted by Gasteiger charge is -2.20. The minimum absolute atomic E-state index is 0.0884. The summed E-state index contributed by atoms with van der Waals surface area (Å²) < 4.78 is 1.51. The second-order valence-electron chi connectivity index (χ2n) is 8.61. The van der Waals surface area contributed by atoms with E-state index in [1.165, 1.54) is 4.57 Å². The highest BCUT2D eigenvalue weighted by atomic mass is 16.2. The Morgan fingerprint density at radius 2 is 1.76 bits per heavy atom. The molecule has 1 atom stereocenters. The van der Waals surface area contributed by atoms with Crippen LogP contribution >= 0.6 is 0 Å². The minimum Gasteiger partial charge on any atom is -0.355 e. The Bertz CT molecular complexity index is 1410. The predicted molar refractivity (Wildman–Crippen MR) is 146 cm³/mol. The summed E-state index contributed by atoms with van der Waals surface area (Å²) >= 11 is 0. The molecule has 2 aromatic heterocycles. The van der Waals surface area contributed by atoms with Crippen molar-refractivity contribution in [3.05, 3.63) is 101 Å². The Morgan fingerprint density at radius 1 is 1.00 bits per heavy atom. The van der Waals surface area contributed by atoms with Crippen LogP contribution in [0.5, 0.6) is 0 Å². The average molecular weight is 498 g/mol. The summed E-state index contributed by atoms with van der Waals surface area (Å²) in [5.74, 6) is 0.191. The van der Waals surface area contributed by atoms with Crippen LogP contribution in [0.1, 0.15) is 23.6 Å². The molecular weight excluding hydrogens is 466 g/mol. The van der Waals surface area contributed by atoms with Crippen molar-refractivity contribution in [2.24, 2.45) is 18.5 Å². The molecule has 0 saturated carbocycles. The van der Waals surface area contributed by atoms with Crippen LogP contribution in [0.2, 0.25) is 0 Å². The van der Waals surface area contributed by atoms with Crippen LogP contribution in [0.3, 0.4) is 0 Å². The van der Waals surface area contributed by atoms with E-state index in [9.17, 15) is 9.59 Å². The molecule has 9 nitrogen and oxygen atoms in total. The molecule has 9 heteroatoms. The number of carbonyl (C=O) groups excluding carboxylic acids is 1. The molecule has 0 saturated heterocycles. The standard InChI is InChI=1S/C28H31N7O2/c1-35-27(37)25(22-9-5-6-19(16-22)17-29)26(21-10-13-31-14-11-21)34-28(35)32-15-12-23(33-24(36)18-30)20-7-3-2-4-8-20/h2-11,13-14,16,23H,12,15,17-18,29-30H2,1H3,(H,32,34)(H,33,36)/t23-/m0/s1. The first-order valence-electron chi connectivity index (χ1n) is 12.1. The molecule has 1 amide bonds. The van der Waals surface area contributed by atoms with E-state index in [-0.39, 0.29) is 24.1 Å². The maximum Gasteiger partial charge on any atom is 0.263 e. The number of anilines is 1. The zero-order valence-electron chi connectivity index (χ0n) is 20.7. The van der Waals surface area contributed by atoms with Crippen molar-refractivity contribution < 1.29 is 4.79 Å². The van der Waals surface area contributed by atoms with Gasteiger partial charge in [-0.3, -0.25) is 19.1 Å². The van der Waals surface area contributed by atoms with Crippen molar-refractivity contribution in [3.8, 4) is 22.4 Å². The molecule has 4 rings (SSSR count). The van der Waals surface area contributed by atoms with Crippen molar-refractivity contribution in [1.29, 1.82) is 0 Å². The van der Waals surface area contributed by atoms with Crippen molar-refractivity contribution >= 4 is 11.9 Å². The van der Waals surface area contributed by atoms with Gasteiger partial charge in [0.25, 0.3) is 5.56 Å². The lowest BCUT2D eigenvalue weighted by Crippen LogP contribution is -2.34. The molecule has 0 radical (unpaired) electrons.